The Morgan fingerprint density at radius 3 is 2.44 bits per heavy atom. The summed E-state index contributed by atoms with van der Waals surface area (Å²) in [6.45, 7) is 3.21. The Balaban J connectivity index is 1.40. The molecule has 1 aromatic heterocycles. The largest absolute Gasteiger partial charge is 0.393 e. The molecule has 1 unspecified atom stereocenters. The zero-order valence-corrected chi connectivity index (χ0v) is 15.2. The van der Waals surface area contributed by atoms with Crippen LogP contribution in [0.25, 0.3) is 0 Å². The summed E-state index contributed by atoms with van der Waals surface area (Å²) >= 11 is 0. The van der Waals surface area contributed by atoms with Crippen LogP contribution in [-0.4, -0.2) is 47.4 Å². The van der Waals surface area contributed by atoms with Crippen LogP contribution in [0.4, 0.5) is 20.5 Å². The number of anilines is 2. The van der Waals surface area contributed by atoms with Crippen LogP contribution >= 0.6 is 0 Å². The third-order valence-electron chi connectivity index (χ3n) is 5.43. The van der Waals surface area contributed by atoms with Crippen LogP contribution in [0.2, 0.25) is 0 Å². The smallest absolute Gasteiger partial charge is 0.227 e. The van der Waals surface area contributed by atoms with E-state index in [2.05, 4.69) is 14.8 Å². The average molecular weight is 374 g/mol. The van der Waals surface area contributed by atoms with Crippen molar-refractivity contribution in [1.82, 2.24) is 9.97 Å². The minimum Gasteiger partial charge on any atom is -0.393 e. The van der Waals surface area contributed by atoms with Crippen LogP contribution < -0.4 is 9.80 Å². The van der Waals surface area contributed by atoms with E-state index in [0.29, 0.717) is 23.9 Å². The molecule has 2 aliphatic rings. The van der Waals surface area contributed by atoms with E-state index in [-0.39, 0.29) is 6.10 Å². The van der Waals surface area contributed by atoms with Crippen LogP contribution in [0.15, 0.2) is 30.5 Å². The van der Waals surface area contributed by atoms with Crippen molar-refractivity contribution in [2.75, 3.05) is 36.0 Å². The summed E-state index contributed by atoms with van der Waals surface area (Å²) in [5, 5.41) is 9.67. The van der Waals surface area contributed by atoms with Crippen molar-refractivity contribution in [2.45, 2.75) is 31.8 Å². The maximum absolute atomic E-state index is 13.4. The number of aliphatic hydroxyl groups excluding tert-OH is 1. The zero-order chi connectivity index (χ0) is 18.8. The standard InChI is InChI=1S/C20H24F2N4O/c21-16-10-15(11-17(22)12-16)9-14-2-6-26(13-14)20-23-5-1-19(24-20)25-7-3-18(27)4-8-25/h1,5,10-12,14,18,27H,2-4,6-9,13H2. The molecule has 0 spiro atoms. The summed E-state index contributed by atoms with van der Waals surface area (Å²) in [5.41, 5.74) is 0.695. The van der Waals surface area contributed by atoms with Crippen molar-refractivity contribution in [3.05, 3.63) is 47.7 Å². The zero-order valence-electron chi connectivity index (χ0n) is 15.2. The van der Waals surface area contributed by atoms with E-state index in [4.69, 9.17) is 4.98 Å². The van der Waals surface area contributed by atoms with Gasteiger partial charge in [-0.15, -0.1) is 0 Å². The molecule has 0 radical (unpaired) electrons. The van der Waals surface area contributed by atoms with E-state index in [9.17, 15) is 13.9 Å². The molecule has 144 valence electrons. The van der Waals surface area contributed by atoms with Gasteiger partial charge in [0.25, 0.3) is 0 Å². The monoisotopic (exact) mass is 374 g/mol. The third kappa shape index (κ3) is 4.35. The Labute approximate surface area is 157 Å². The molecule has 3 heterocycles. The summed E-state index contributed by atoms with van der Waals surface area (Å²) in [7, 11) is 0. The highest BCUT2D eigenvalue weighted by molar-refractivity contribution is 5.44. The van der Waals surface area contributed by atoms with Gasteiger partial charge in [0.05, 0.1) is 6.10 Å². The van der Waals surface area contributed by atoms with Crippen LogP contribution in [0.1, 0.15) is 24.8 Å². The first-order chi connectivity index (χ1) is 13.1. The summed E-state index contributed by atoms with van der Waals surface area (Å²) in [5.74, 6) is 0.864. The number of piperidine rings is 1. The number of nitrogens with zero attached hydrogens (tertiary/aromatic N) is 4. The summed E-state index contributed by atoms with van der Waals surface area (Å²) in [4.78, 5) is 13.5. The molecule has 5 nitrogen and oxygen atoms in total. The molecule has 1 aromatic carbocycles. The number of aliphatic hydroxyl groups is 1. The lowest BCUT2D eigenvalue weighted by Gasteiger charge is -2.31. The second-order valence-corrected chi connectivity index (χ2v) is 7.52. The van der Waals surface area contributed by atoms with Crippen LogP contribution in [0.3, 0.4) is 0 Å². The lowest BCUT2D eigenvalue weighted by molar-refractivity contribution is 0.145. The van der Waals surface area contributed by atoms with Crippen molar-refractivity contribution < 1.29 is 13.9 Å². The summed E-state index contributed by atoms with van der Waals surface area (Å²) < 4.78 is 26.8. The third-order valence-corrected chi connectivity index (χ3v) is 5.43. The number of benzene rings is 1. The van der Waals surface area contributed by atoms with Gasteiger partial charge in [0.1, 0.15) is 17.5 Å². The lowest BCUT2D eigenvalue weighted by atomic mass is 9.98. The molecule has 2 aromatic rings. The highest BCUT2D eigenvalue weighted by atomic mass is 19.1. The SMILES string of the molecule is OC1CCN(c2ccnc(N3CCC(Cc4cc(F)cc(F)c4)C3)n2)CC1. The fourth-order valence-electron chi connectivity index (χ4n) is 4.01. The molecule has 0 saturated carbocycles. The van der Waals surface area contributed by atoms with Crippen LogP contribution in [-0.2, 0) is 6.42 Å². The highest BCUT2D eigenvalue weighted by Gasteiger charge is 2.26. The maximum Gasteiger partial charge on any atom is 0.227 e. The fraction of sp³-hybridized carbons (Fsp3) is 0.500. The topological polar surface area (TPSA) is 52.5 Å². The highest BCUT2D eigenvalue weighted by Crippen LogP contribution is 2.26. The van der Waals surface area contributed by atoms with Gasteiger partial charge in [-0.3, -0.25) is 0 Å². The second kappa shape index (κ2) is 7.76. The average Bonchev–Trinajstić information content (AvgIpc) is 3.10. The fourth-order valence-corrected chi connectivity index (χ4v) is 4.01. The van der Waals surface area contributed by atoms with Gasteiger partial charge in [0, 0.05) is 38.4 Å². The van der Waals surface area contributed by atoms with Gasteiger partial charge in [-0.05, 0) is 55.4 Å². The number of aromatic nitrogens is 2. The molecule has 0 bridgehead atoms. The Bertz CT molecular complexity index is 775. The molecule has 27 heavy (non-hydrogen) atoms. The molecule has 2 saturated heterocycles. The lowest BCUT2D eigenvalue weighted by Crippen LogP contribution is -2.36. The van der Waals surface area contributed by atoms with E-state index in [1.54, 1.807) is 6.20 Å². The Morgan fingerprint density at radius 2 is 1.70 bits per heavy atom. The van der Waals surface area contributed by atoms with Gasteiger partial charge in [0.15, 0.2) is 0 Å². The van der Waals surface area contributed by atoms with Gasteiger partial charge in [-0.2, -0.15) is 4.98 Å². The predicted octanol–water partition coefficient (Wildman–Crippen LogP) is 2.78. The van der Waals surface area contributed by atoms with Gasteiger partial charge < -0.3 is 14.9 Å². The van der Waals surface area contributed by atoms with E-state index >= 15 is 0 Å². The van der Waals surface area contributed by atoms with Crippen LogP contribution in [0.5, 0.6) is 0 Å². The molecule has 1 atom stereocenters. The van der Waals surface area contributed by atoms with E-state index in [1.165, 1.54) is 12.1 Å². The Hall–Kier alpha value is -2.28. The van der Waals surface area contributed by atoms with Crippen molar-refractivity contribution in [2.24, 2.45) is 5.92 Å². The molecule has 7 heteroatoms. The Kier molecular flexibility index (Phi) is 5.20. The van der Waals surface area contributed by atoms with E-state index in [1.807, 2.05) is 6.07 Å². The maximum atomic E-state index is 13.4. The second-order valence-electron chi connectivity index (χ2n) is 7.52. The van der Waals surface area contributed by atoms with Gasteiger partial charge in [-0.25, -0.2) is 13.8 Å². The molecule has 1 N–H and O–H groups in total. The first-order valence-corrected chi connectivity index (χ1v) is 9.53. The van der Waals surface area contributed by atoms with Gasteiger partial charge in [0.2, 0.25) is 5.95 Å². The molecule has 2 aliphatic heterocycles. The van der Waals surface area contributed by atoms with Crippen molar-refractivity contribution >= 4 is 11.8 Å². The normalized spacial score (nSPS) is 21.1. The predicted molar refractivity (Wildman–Crippen MR) is 99.9 cm³/mol. The molecular weight excluding hydrogens is 350 g/mol. The van der Waals surface area contributed by atoms with Crippen LogP contribution in [0, 0.1) is 17.6 Å². The van der Waals surface area contributed by atoms with Crippen molar-refractivity contribution in [1.29, 1.82) is 0 Å². The minimum absolute atomic E-state index is 0.213. The molecular formula is C20H24F2N4O. The quantitative estimate of drug-likeness (QED) is 0.892. The summed E-state index contributed by atoms with van der Waals surface area (Å²) in [6.07, 6.45) is 4.67. The van der Waals surface area contributed by atoms with Crippen molar-refractivity contribution in [3.63, 3.8) is 0 Å². The number of hydrogen-bond donors (Lipinski definition) is 1. The van der Waals surface area contributed by atoms with Gasteiger partial charge in [-0.1, -0.05) is 0 Å². The molecule has 2 fully saturated rings. The van der Waals surface area contributed by atoms with Crippen molar-refractivity contribution in [3.8, 4) is 0 Å². The summed E-state index contributed by atoms with van der Waals surface area (Å²) in [6, 6.07) is 5.63. The number of halogens is 2. The first kappa shape index (κ1) is 18.1. The minimum atomic E-state index is -0.525. The molecule has 0 amide bonds. The number of hydrogen-bond acceptors (Lipinski definition) is 5. The first-order valence-electron chi connectivity index (χ1n) is 9.53. The van der Waals surface area contributed by atoms with E-state index in [0.717, 1.165) is 57.3 Å². The molecule has 4 rings (SSSR count). The van der Waals surface area contributed by atoms with Gasteiger partial charge >= 0.3 is 0 Å². The number of rotatable bonds is 4. The molecule has 0 aliphatic carbocycles. The van der Waals surface area contributed by atoms with E-state index < -0.39 is 11.6 Å². The Morgan fingerprint density at radius 1 is 1.00 bits per heavy atom.